The number of thioether (sulfide) groups is 1. The molecule has 1 amide bonds. The summed E-state index contributed by atoms with van der Waals surface area (Å²) < 4.78 is 0.154. The first-order chi connectivity index (χ1) is 7.98. The van der Waals surface area contributed by atoms with Crippen LogP contribution in [0.1, 0.15) is 24.2 Å². The minimum absolute atomic E-state index is 0.110. The van der Waals surface area contributed by atoms with Gasteiger partial charge in [0.05, 0.1) is 0 Å². The Morgan fingerprint density at radius 3 is 2.59 bits per heavy atom. The SMILES string of the molecule is CC1(C)CN(C(=O)c2ccc(N)cc2)CCS1. The van der Waals surface area contributed by atoms with E-state index in [9.17, 15) is 4.79 Å². The van der Waals surface area contributed by atoms with Gasteiger partial charge in [-0.3, -0.25) is 4.79 Å². The third-order valence-corrected chi connectivity index (χ3v) is 4.17. The summed E-state index contributed by atoms with van der Waals surface area (Å²) in [4.78, 5) is 14.2. The molecule has 1 aliphatic rings. The summed E-state index contributed by atoms with van der Waals surface area (Å²) in [5.74, 6) is 1.12. The van der Waals surface area contributed by atoms with Crippen molar-refractivity contribution in [3.05, 3.63) is 29.8 Å². The van der Waals surface area contributed by atoms with Gasteiger partial charge in [-0.15, -0.1) is 0 Å². The summed E-state index contributed by atoms with van der Waals surface area (Å²) in [6.45, 7) is 6.00. The maximum atomic E-state index is 12.3. The number of anilines is 1. The Balaban J connectivity index is 2.12. The second-order valence-electron chi connectivity index (χ2n) is 4.96. The first-order valence-electron chi connectivity index (χ1n) is 5.77. The lowest BCUT2D eigenvalue weighted by Gasteiger charge is -2.37. The van der Waals surface area contributed by atoms with Gasteiger partial charge in [0.2, 0.25) is 0 Å². The van der Waals surface area contributed by atoms with E-state index in [0.717, 1.165) is 24.4 Å². The fraction of sp³-hybridized carbons (Fsp3) is 0.462. The van der Waals surface area contributed by atoms with Crippen molar-refractivity contribution in [3.8, 4) is 0 Å². The second-order valence-corrected chi connectivity index (χ2v) is 6.76. The molecule has 1 fully saturated rings. The van der Waals surface area contributed by atoms with Crippen molar-refractivity contribution in [2.75, 3.05) is 24.6 Å². The molecule has 0 saturated carbocycles. The van der Waals surface area contributed by atoms with Crippen LogP contribution in [-0.4, -0.2) is 34.4 Å². The number of carbonyl (C=O) groups excluding carboxylic acids is 1. The molecular formula is C13H18N2OS. The van der Waals surface area contributed by atoms with Gasteiger partial charge in [0.1, 0.15) is 0 Å². The van der Waals surface area contributed by atoms with E-state index >= 15 is 0 Å². The maximum absolute atomic E-state index is 12.3. The molecule has 0 radical (unpaired) electrons. The topological polar surface area (TPSA) is 46.3 Å². The lowest BCUT2D eigenvalue weighted by Crippen LogP contribution is -2.46. The van der Waals surface area contributed by atoms with Crippen molar-refractivity contribution in [1.82, 2.24) is 4.90 Å². The van der Waals surface area contributed by atoms with Gasteiger partial charge < -0.3 is 10.6 Å². The highest BCUT2D eigenvalue weighted by atomic mass is 32.2. The smallest absolute Gasteiger partial charge is 0.253 e. The zero-order valence-corrected chi connectivity index (χ0v) is 11.1. The van der Waals surface area contributed by atoms with Crippen LogP contribution in [0.3, 0.4) is 0 Å². The third kappa shape index (κ3) is 2.94. The molecule has 0 aromatic heterocycles. The monoisotopic (exact) mass is 250 g/mol. The molecule has 2 N–H and O–H groups in total. The van der Waals surface area contributed by atoms with Crippen molar-refractivity contribution in [2.45, 2.75) is 18.6 Å². The molecule has 1 aromatic carbocycles. The highest BCUT2D eigenvalue weighted by Crippen LogP contribution is 2.30. The van der Waals surface area contributed by atoms with Crippen LogP contribution in [0.15, 0.2) is 24.3 Å². The number of nitrogens with two attached hydrogens (primary N) is 1. The van der Waals surface area contributed by atoms with Crippen molar-refractivity contribution in [2.24, 2.45) is 0 Å². The number of carbonyl (C=O) groups is 1. The first-order valence-corrected chi connectivity index (χ1v) is 6.75. The number of hydrogen-bond donors (Lipinski definition) is 1. The molecule has 0 aliphatic carbocycles. The Labute approximate surface area is 106 Å². The molecule has 0 atom stereocenters. The normalized spacial score (nSPS) is 19.1. The number of hydrogen-bond acceptors (Lipinski definition) is 3. The standard InChI is InChI=1S/C13H18N2OS/c1-13(2)9-15(7-8-17-13)12(16)10-3-5-11(14)6-4-10/h3-6H,7-9,14H2,1-2H3. The second kappa shape index (κ2) is 4.61. The van der Waals surface area contributed by atoms with Gasteiger partial charge in [-0.2, -0.15) is 11.8 Å². The van der Waals surface area contributed by atoms with Gasteiger partial charge in [-0.05, 0) is 38.1 Å². The summed E-state index contributed by atoms with van der Waals surface area (Å²) in [5.41, 5.74) is 7.03. The molecule has 1 aliphatic heterocycles. The zero-order chi connectivity index (χ0) is 12.5. The van der Waals surface area contributed by atoms with Crippen molar-refractivity contribution >= 4 is 23.4 Å². The van der Waals surface area contributed by atoms with E-state index in [1.807, 2.05) is 16.7 Å². The number of benzene rings is 1. The zero-order valence-electron chi connectivity index (χ0n) is 10.3. The highest BCUT2D eigenvalue weighted by molar-refractivity contribution is 8.00. The summed E-state index contributed by atoms with van der Waals surface area (Å²) in [5, 5.41) is 0. The summed E-state index contributed by atoms with van der Waals surface area (Å²) >= 11 is 1.93. The van der Waals surface area contributed by atoms with Crippen LogP contribution in [0.2, 0.25) is 0 Å². The number of nitrogen functional groups attached to an aromatic ring is 1. The van der Waals surface area contributed by atoms with E-state index < -0.39 is 0 Å². The fourth-order valence-electron chi connectivity index (χ4n) is 2.00. The highest BCUT2D eigenvalue weighted by Gasteiger charge is 2.29. The molecule has 1 saturated heterocycles. The van der Waals surface area contributed by atoms with Crippen molar-refractivity contribution < 1.29 is 4.79 Å². The number of nitrogens with zero attached hydrogens (tertiary/aromatic N) is 1. The summed E-state index contributed by atoms with van der Waals surface area (Å²) in [6, 6.07) is 7.15. The quantitative estimate of drug-likeness (QED) is 0.778. The van der Waals surface area contributed by atoms with Gasteiger partial charge in [-0.1, -0.05) is 0 Å². The predicted molar refractivity (Wildman–Crippen MR) is 73.3 cm³/mol. The van der Waals surface area contributed by atoms with Crippen LogP contribution in [0.25, 0.3) is 0 Å². The minimum atomic E-state index is 0.110. The summed E-state index contributed by atoms with van der Waals surface area (Å²) in [7, 11) is 0. The molecule has 17 heavy (non-hydrogen) atoms. The molecule has 4 heteroatoms. The maximum Gasteiger partial charge on any atom is 0.253 e. The Bertz CT molecular complexity index is 414. The molecular weight excluding hydrogens is 232 g/mol. The van der Waals surface area contributed by atoms with Gasteiger partial charge in [0, 0.05) is 34.8 Å². The van der Waals surface area contributed by atoms with Gasteiger partial charge in [-0.25, -0.2) is 0 Å². The minimum Gasteiger partial charge on any atom is -0.399 e. The molecule has 1 heterocycles. The third-order valence-electron chi connectivity index (χ3n) is 2.87. The lowest BCUT2D eigenvalue weighted by atomic mass is 10.1. The molecule has 0 unspecified atom stereocenters. The molecule has 1 aromatic rings. The Kier molecular flexibility index (Phi) is 3.33. The van der Waals surface area contributed by atoms with Gasteiger partial charge in [0.15, 0.2) is 0 Å². The van der Waals surface area contributed by atoms with Crippen LogP contribution in [-0.2, 0) is 0 Å². The molecule has 2 rings (SSSR count). The van der Waals surface area contributed by atoms with E-state index in [2.05, 4.69) is 13.8 Å². The molecule has 0 bridgehead atoms. The average molecular weight is 250 g/mol. The van der Waals surface area contributed by atoms with Crippen LogP contribution in [0, 0.1) is 0 Å². The van der Waals surface area contributed by atoms with Crippen LogP contribution in [0.5, 0.6) is 0 Å². The predicted octanol–water partition coefficient (Wildman–Crippen LogP) is 2.24. The van der Waals surface area contributed by atoms with Crippen LogP contribution in [0.4, 0.5) is 5.69 Å². The molecule has 3 nitrogen and oxygen atoms in total. The Morgan fingerprint density at radius 1 is 1.35 bits per heavy atom. The van der Waals surface area contributed by atoms with E-state index in [4.69, 9.17) is 5.73 Å². The largest absolute Gasteiger partial charge is 0.399 e. The van der Waals surface area contributed by atoms with E-state index in [0.29, 0.717) is 5.69 Å². The number of amides is 1. The van der Waals surface area contributed by atoms with Crippen molar-refractivity contribution in [3.63, 3.8) is 0 Å². The summed E-state index contributed by atoms with van der Waals surface area (Å²) in [6.07, 6.45) is 0. The van der Waals surface area contributed by atoms with E-state index in [-0.39, 0.29) is 10.7 Å². The van der Waals surface area contributed by atoms with Crippen LogP contribution < -0.4 is 5.73 Å². The molecule has 92 valence electrons. The molecule has 0 spiro atoms. The van der Waals surface area contributed by atoms with E-state index in [1.165, 1.54) is 0 Å². The van der Waals surface area contributed by atoms with Gasteiger partial charge >= 0.3 is 0 Å². The van der Waals surface area contributed by atoms with Gasteiger partial charge in [0.25, 0.3) is 5.91 Å². The fourth-order valence-corrected chi connectivity index (χ4v) is 3.11. The Hall–Kier alpha value is -1.16. The number of rotatable bonds is 1. The Morgan fingerprint density at radius 2 is 2.00 bits per heavy atom. The van der Waals surface area contributed by atoms with Crippen LogP contribution >= 0.6 is 11.8 Å². The van der Waals surface area contributed by atoms with E-state index in [1.54, 1.807) is 24.3 Å². The lowest BCUT2D eigenvalue weighted by molar-refractivity contribution is 0.0748. The van der Waals surface area contributed by atoms with Crippen molar-refractivity contribution in [1.29, 1.82) is 0 Å². The first kappa shape index (κ1) is 12.3. The average Bonchev–Trinajstić information content (AvgIpc) is 2.28.